The number of anilines is 2. The van der Waals surface area contributed by atoms with Gasteiger partial charge in [-0.25, -0.2) is 19.3 Å². The summed E-state index contributed by atoms with van der Waals surface area (Å²) < 4.78 is 44.7. The van der Waals surface area contributed by atoms with E-state index >= 15 is 4.39 Å². The van der Waals surface area contributed by atoms with E-state index in [-0.39, 0.29) is 40.0 Å². The number of sulfonamides is 1. The molecule has 0 aliphatic carbocycles. The standard InChI is InChI=1S/C21H22FN7O2S2.ClH/c1-21(2,3)19-27-17(18(32-19)14-8-10-24-20(23)26-14)12-6-5-7-13(16(12)22)28-33(30,31)15-9-11-25-29(15)4;/h5-11,28H,1-4H3,(H2,23,24,26);1H. The highest BCUT2D eigenvalue weighted by Crippen LogP contribution is 2.41. The number of aryl methyl sites for hydroxylation is 1. The number of aromatic nitrogens is 5. The average molecular weight is 524 g/mol. The molecule has 0 spiro atoms. The molecule has 9 nitrogen and oxygen atoms in total. The first kappa shape index (κ1) is 25.5. The van der Waals surface area contributed by atoms with E-state index in [1.54, 1.807) is 18.2 Å². The maximum absolute atomic E-state index is 15.7. The lowest BCUT2D eigenvalue weighted by Crippen LogP contribution is -2.17. The van der Waals surface area contributed by atoms with Crippen LogP contribution in [0, 0.1) is 5.82 Å². The van der Waals surface area contributed by atoms with Crippen LogP contribution >= 0.6 is 23.7 Å². The summed E-state index contributed by atoms with van der Waals surface area (Å²) in [4.78, 5) is 13.5. The van der Waals surface area contributed by atoms with E-state index < -0.39 is 15.8 Å². The smallest absolute Gasteiger partial charge is 0.279 e. The molecule has 0 amide bonds. The van der Waals surface area contributed by atoms with Crippen LogP contribution in [0.5, 0.6) is 0 Å². The molecule has 180 valence electrons. The predicted octanol–water partition coefficient (Wildman–Crippen LogP) is 4.24. The van der Waals surface area contributed by atoms with Crippen LogP contribution in [0.1, 0.15) is 25.8 Å². The van der Waals surface area contributed by atoms with Crippen molar-refractivity contribution in [2.24, 2.45) is 7.05 Å². The molecule has 0 aliphatic heterocycles. The van der Waals surface area contributed by atoms with Crippen molar-refractivity contribution in [3.05, 3.63) is 53.6 Å². The number of benzene rings is 1. The van der Waals surface area contributed by atoms with Gasteiger partial charge in [-0.05, 0) is 24.3 Å². The molecule has 0 radical (unpaired) electrons. The molecule has 0 saturated carbocycles. The van der Waals surface area contributed by atoms with Crippen LogP contribution in [-0.4, -0.2) is 33.2 Å². The van der Waals surface area contributed by atoms with Crippen molar-refractivity contribution in [1.82, 2.24) is 24.7 Å². The van der Waals surface area contributed by atoms with Crippen LogP contribution < -0.4 is 10.5 Å². The fraction of sp³-hybridized carbons (Fsp3) is 0.238. The molecule has 13 heteroatoms. The largest absolute Gasteiger partial charge is 0.368 e. The minimum Gasteiger partial charge on any atom is -0.368 e. The van der Waals surface area contributed by atoms with Crippen molar-refractivity contribution in [1.29, 1.82) is 0 Å². The fourth-order valence-electron chi connectivity index (χ4n) is 3.11. The molecule has 0 bridgehead atoms. The van der Waals surface area contributed by atoms with Crippen molar-refractivity contribution in [3.8, 4) is 21.8 Å². The first-order valence-corrected chi connectivity index (χ1v) is 12.2. The van der Waals surface area contributed by atoms with Crippen molar-refractivity contribution in [2.75, 3.05) is 10.5 Å². The molecular formula is C21H23ClFN7O2S2. The Bertz CT molecular complexity index is 1450. The molecule has 0 fully saturated rings. The Morgan fingerprint density at radius 2 is 1.85 bits per heavy atom. The van der Waals surface area contributed by atoms with Crippen molar-refractivity contribution >= 4 is 45.4 Å². The van der Waals surface area contributed by atoms with Gasteiger partial charge in [0.25, 0.3) is 10.0 Å². The second kappa shape index (κ2) is 9.28. The van der Waals surface area contributed by atoms with Gasteiger partial charge < -0.3 is 5.73 Å². The Kier molecular flexibility index (Phi) is 6.97. The highest BCUT2D eigenvalue weighted by Gasteiger charge is 2.27. The Morgan fingerprint density at radius 3 is 2.47 bits per heavy atom. The van der Waals surface area contributed by atoms with Crippen LogP contribution in [-0.2, 0) is 22.5 Å². The van der Waals surface area contributed by atoms with Gasteiger partial charge in [0, 0.05) is 24.2 Å². The number of nitrogens with two attached hydrogens (primary N) is 1. The number of nitrogens with zero attached hydrogens (tertiary/aromatic N) is 5. The number of halogens is 2. The molecular weight excluding hydrogens is 501 g/mol. The SMILES string of the molecule is Cl.Cn1nccc1S(=O)(=O)Nc1cccc(-c2nc(C(C)(C)C)sc2-c2ccnc(N)n2)c1F. The average Bonchev–Trinajstić information content (AvgIpc) is 3.36. The van der Waals surface area contributed by atoms with E-state index in [0.717, 1.165) is 5.01 Å². The second-order valence-electron chi connectivity index (χ2n) is 8.31. The van der Waals surface area contributed by atoms with E-state index in [4.69, 9.17) is 10.7 Å². The topological polar surface area (TPSA) is 129 Å². The summed E-state index contributed by atoms with van der Waals surface area (Å²) in [6, 6.07) is 7.47. The fourth-order valence-corrected chi connectivity index (χ4v) is 5.41. The highest BCUT2D eigenvalue weighted by molar-refractivity contribution is 7.92. The normalized spacial score (nSPS) is 11.8. The quantitative estimate of drug-likeness (QED) is 0.400. The van der Waals surface area contributed by atoms with Crippen LogP contribution in [0.15, 0.2) is 47.8 Å². The second-order valence-corrected chi connectivity index (χ2v) is 10.9. The van der Waals surface area contributed by atoms with E-state index in [0.29, 0.717) is 16.3 Å². The Hall–Kier alpha value is -3.09. The third-order valence-corrected chi connectivity index (χ3v) is 7.67. The molecule has 4 aromatic rings. The number of nitrogen functional groups attached to an aromatic ring is 1. The van der Waals surface area contributed by atoms with Crippen LogP contribution in [0.3, 0.4) is 0 Å². The summed E-state index contributed by atoms with van der Waals surface area (Å²) in [7, 11) is -2.56. The van der Waals surface area contributed by atoms with Gasteiger partial charge in [-0.3, -0.25) is 9.40 Å². The van der Waals surface area contributed by atoms with Gasteiger partial charge in [0.2, 0.25) is 5.95 Å². The van der Waals surface area contributed by atoms with Gasteiger partial charge in [-0.2, -0.15) is 13.5 Å². The Balaban J connectivity index is 0.00000324. The van der Waals surface area contributed by atoms with Gasteiger partial charge in [-0.15, -0.1) is 23.7 Å². The van der Waals surface area contributed by atoms with Gasteiger partial charge >= 0.3 is 0 Å². The van der Waals surface area contributed by atoms with E-state index in [2.05, 4.69) is 19.8 Å². The molecule has 4 rings (SSSR count). The van der Waals surface area contributed by atoms with Crippen molar-refractivity contribution in [3.63, 3.8) is 0 Å². The first-order valence-electron chi connectivity index (χ1n) is 9.87. The maximum Gasteiger partial charge on any atom is 0.279 e. The van der Waals surface area contributed by atoms with Crippen LogP contribution in [0.4, 0.5) is 16.0 Å². The van der Waals surface area contributed by atoms with Crippen LogP contribution in [0.25, 0.3) is 21.8 Å². The number of nitrogens with one attached hydrogen (secondary N) is 1. The zero-order chi connectivity index (χ0) is 24.0. The molecule has 0 saturated heterocycles. The predicted molar refractivity (Wildman–Crippen MR) is 133 cm³/mol. The summed E-state index contributed by atoms with van der Waals surface area (Å²) >= 11 is 1.38. The molecule has 3 heterocycles. The zero-order valence-electron chi connectivity index (χ0n) is 18.8. The van der Waals surface area contributed by atoms with Gasteiger partial charge in [-0.1, -0.05) is 26.8 Å². The monoisotopic (exact) mass is 523 g/mol. The van der Waals surface area contributed by atoms with Crippen molar-refractivity contribution < 1.29 is 12.8 Å². The van der Waals surface area contributed by atoms with Gasteiger partial charge in [0.15, 0.2) is 10.8 Å². The molecule has 0 unspecified atom stereocenters. The van der Waals surface area contributed by atoms with E-state index in [1.807, 2.05) is 20.8 Å². The van der Waals surface area contributed by atoms with Crippen molar-refractivity contribution in [2.45, 2.75) is 31.2 Å². The zero-order valence-corrected chi connectivity index (χ0v) is 21.2. The van der Waals surface area contributed by atoms with E-state index in [1.165, 1.54) is 47.6 Å². The number of hydrogen-bond donors (Lipinski definition) is 2. The van der Waals surface area contributed by atoms with Gasteiger partial charge in [0.1, 0.15) is 0 Å². The lowest BCUT2D eigenvalue weighted by molar-refractivity contribution is 0.580. The number of thiazole rings is 1. The molecule has 3 aromatic heterocycles. The lowest BCUT2D eigenvalue weighted by atomic mass is 9.98. The Labute approximate surface area is 206 Å². The third-order valence-electron chi connectivity index (χ3n) is 4.73. The van der Waals surface area contributed by atoms with Gasteiger partial charge in [0.05, 0.1) is 33.2 Å². The first-order chi connectivity index (χ1) is 15.5. The third kappa shape index (κ3) is 4.88. The summed E-state index contributed by atoms with van der Waals surface area (Å²) in [6.45, 7) is 6.01. The molecule has 3 N–H and O–H groups in total. The minimum absolute atomic E-state index is 0. The minimum atomic E-state index is -4.05. The van der Waals surface area contributed by atoms with Crippen LogP contribution in [0.2, 0.25) is 0 Å². The summed E-state index contributed by atoms with van der Waals surface area (Å²) in [5.41, 5.74) is 6.25. The molecule has 1 aromatic carbocycles. The molecule has 34 heavy (non-hydrogen) atoms. The Morgan fingerprint density at radius 1 is 1.12 bits per heavy atom. The number of rotatable bonds is 5. The van der Waals surface area contributed by atoms with E-state index in [9.17, 15) is 8.42 Å². The number of hydrogen-bond acceptors (Lipinski definition) is 8. The maximum atomic E-state index is 15.7. The molecule has 0 aliphatic rings. The summed E-state index contributed by atoms with van der Waals surface area (Å²) in [5.74, 6) is -0.667. The molecule has 0 atom stereocenters. The lowest BCUT2D eigenvalue weighted by Gasteiger charge is -2.13. The highest BCUT2D eigenvalue weighted by atomic mass is 35.5. The summed E-state index contributed by atoms with van der Waals surface area (Å²) in [5, 5.41) is 4.54. The summed E-state index contributed by atoms with van der Waals surface area (Å²) in [6.07, 6.45) is 2.87.